The molecule has 0 aromatic heterocycles. The smallest absolute Gasteiger partial charge is 0.0489 e. The lowest BCUT2D eigenvalue weighted by Gasteiger charge is -2.10. The van der Waals surface area contributed by atoms with Gasteiger partial charge in [-0.2, -0.15) is 0 Å². The van der Waals surface area contributed by atoms with Crippen LogP contribution in [0.2, 0.25) is 10.0 Å². The summed E-state index contributed by atoms with van der Waals surface area (Å²) in [5.41, 5.74) is 3.33. The largest absolute Gasteiger partial charge is 0.380 e. The molecule has 0 bridgehead atoms. The van der Waals surface area contributed by atoms with Gasteiger partial charge in [0.2, 0.25) is 0 Å². The van der Waals surface area contributed by atoms with E-state index in [1.807, 2.05) is 18.2 Å². The Bertz CT molecular complexity index is 549. The second kappa shape index (κ2) is 5.96. The lowest BCUT2D eigenvalue weighted by atomic mass is 10.2. The van der Waals surface area contributed by atoms with Crippen molar-refractivity contribution in [2.75, 3.05) is 5.32 Å². The van der Waals surface area contributed by atoms with Crippen LogP contribution >= 0.6 is 39.1 Å². The maximum Gasteiger partial charge on any atom is 0.0489 e. The monoisotopic (exact) mass is 343 g/mol. The molecule has 94 valence electrons. The molecule has 18 heavy (non-hydrogen) atoms. The summed E-state index contributed by atoms with van der Waals surface area (Å²) >= 11 is 15.5. The van der Waals surface area contributed by atoms with Crippen LogP contribution in [0.25, 0.3) is 0 Å². The Hall–Kier alpha value is -0.700. The summed E-state index contributed by atoms with van der Waals surface area (Å²) in [6, 6.07) is 11.7. The number of hydrogen-bond acceptors (Lipinski definition) is 1. The van der Waals surface area contributed by atoms with Crippen LogP contribution in [0.3, 0.4) is 0 Å². The van der Waals surface area contributed by atoms with Crippen LogP contribution < -0.4 is 5.32 Å². The minimum Gasteiger partial charge on any atom is -0.380 e. The van der Waals surface area contributed by atoms with Crippen molar-refractivity contribution in [3.8, 4) is 0 Å². The molecule has 2 aromatic carbocycles. The molecule has 1 nitrogen and oxygen atoms in total. The third kappa shape index (κ3) is 3.64. The van der Waals surface area contributed by atoms with E-state index in [4.69, 9.17) is 23.2 Å². The van der Waals surface area contributed by atoms with Gasteiger partial charge in [-0.05, 0) is 64.3 Å². The van der Waals surface area contributed by atoms with Gasteiger partial charge in [0.1, 0.15) is 0 Å². The van der Waals surface area contributed by atoms with Gasteiger partial charge in [-0.15, -0.1) is 0 Å². The van der Waals surface area contributed by atoms with Gasteiger partial charge in [0.05, 0.1) is 0 Å². The zero-order valence-corrected chi connectivity index (χ0v) is 12.9. The molecule has 0 amide bonds. The molecule has 4 heteroatoms. The van der Waals surface area contributed by atoms with Gasteiger partial charge in [-0.3, -0.25) is 0 Å². The number of benzene rings is 2. The molecule has 0 fully saturated rings. The minimum absolute atomic E-state index is 0.655. The minimum atomic E-state index is 0.655. The van der Waals surface area contributed by atoms with E-state index in [0.717, 1.165) is 15.7 Å². The fraction of sp³-hybridized carbons (Fsp3) is 0.143. The zero-order valence-electron chi connectivity index (χ0n) is 9.81. The summed E-state index contributed by atoms with van der Waals surface area (Å²) in [7, 11) is 0. The summed E-state index contributed by atoms with van der Waals surface area (Å²) in [5, 5.41) is 4.67. The highest BCUT2D eigenvalue weighted by atomic mass is 79.9. The standard InChI is InChI=1S/C14H12BrCl2N/c1-9-2-3-13(15)14(4-9)18-8-10-5-11(16)7-12(17)6-10/h2-7,18H,8H2,1H3. The number of hydrogen-bond donors (Lipinski definition) is 1. The first kappa shape index (κ1) is 13.7. The van der Waals surface area contributed by atoms with Crippen LogP contribution in [0, 0.1) is 6.92 Å². The molecule has 0 aliphatic rings. The lowest BCUT2D eigenvalue weighted by molar-refractivity contribution is 1.14. The topological polar surface area (TPSA) is 12.0 Å². The molecule has 0 saturated heterocycles. The van der Waals surface area contributed by atoms with Crippen molar-refractivity contribution in [2.24, 2.45) is 0 Å². The molecule has 0 spiro atoms. The Labute approximate surface area is 125 Å². The SMILES string of the molecule is Cc1ccc(Br)c(NCc2cc(Cl)cc(Cl)c2)c1. The molecular weight excluding hydrogens is 333 g/mol. The van der Waals surface area contributed by atoms with E-state index >= 15 is 0 Å². The number of aryl methyl sites for hydroxylation is 1. The fourth-order valence-corrected chi connectivity index (χ4v) is 2.64. The van der Waals surface area contributed by atoms with E-state index in [1.54, 1.807) is 6.07 Å². The van der Waals surface area contributed by atoms with Crippen LogP contribution in [-0.4, -0.2) is 0 Å². The maximum atomic E-state index is 5.97. The van der Waals surface area contributed by atoms with Gasteiger partial charge in [0.25, 0.3) is 0 Å². The zero-order chi connectivity index (χ0) is 13.1. The first-order valence-corrected chi connectivity index (χ1v) is 7.04. The predicted molar refractivity (Wildman–Crippen MR) is 82.7 cm³/mol. The van der Waals surface area contributed by atoms with Crippen LogP contribution in [0.4, 0.5) is 5.69 Å². The summed E-state index contributed by atoms with van der Waals surface area (Å²) in [4.78, 5) is 0. The number of halogens is 3. The summed E-state index contributed by atoms with van der Waals surface area (Å²) in [6.07, 6.45) is 0. The van der Waals surface area contributed by atoms with E-state index in [0.29, 0.717) is 16.6 Å². The van der Waals surface area contributed by atoms with Gasteiger partial charge in [0.15, 0.2) is 0 Å². The van der Waals surface area contributed by atoms with Crippen molar-refractivity contribution < 1.29 is 0 Å². The molecule has 2 rings (SSSR count). The molecule has 0 unspecified atom stereocenters. The normalized spacial score (nSPS) is 10.4. The van der Waals surface area contributed by atoms with E-state index in [9.17, 15) is 0 Å². The Morgan fingerprint density at radius 1 is 1.06 bits per heavy atom. The molecule has 0 radical (unpaired) electrons. The third-order valence-electron chi connectivity index (χ3n) is 2.53. The summed E-state index contributed by atoms with van der Waals surface area (Å²) in [6.45, 7) is 2.75. The lowest BCUT2D eigenvalue weighted by Crippen LogP contribution is -2.00. The molecule has 0 heterocycles. The second-order valence-electron chi connectivity index (χ2n) is 4.11. The van der Waals surface area contributed by atoms with E-state index in [1.165, 1.54) is 5.56 Å². The summed E-state index contributed by atoms with van der Waals surface area (Å²) < 4.78 is 1.04. The van der Waals surface area contributed by atoms with Crippen molar-refractivity contribution in [1.29, 1.82) is 0 Å². The van der Waals surface area contributed by atoms with E-state index in [2.05, 4.69) is 40.3 Å². The molecule has 0 saturated carbocycles. The number of anilines is 1. The average Bonchev–Trinajstić information content (AvgIpc) is 2.29. The van der Waals surface area contributed by atoms with Crippen LogP contribution in [0.1, 0.15) is 11.1 Å². The van der Waals surface area contributed by atoms with Crippen molar-refractivity contribution in [1.82, 2.24) is 0 Å². The molecule has 1 N–H and O–H groups in total. The Balaban J connectivity index is 2.13. The first-order chi connectivity index (χ1) is 8.54. The molecule has 0 aliphatic heterocycles. The fourth-order valence-electron chi connectivity index (χ4n) is 1.68. The van der Waals surface area contributed by atoms with Crippen molar-refractivity contribution in [3.63, 3.8) is 0 Å². The molecular formula is C14H12BrCl2N. The van der Waals surface area contributed by atoms with Gasteiger partial charge in [-0.1, -0.05) is 29.3 Å². The van der Waals surface area contributed by atoms with Crippen LogP contribution in [0.15, 0.2) is 40.9 Å². The molecule has 0 aliphatic carbocycles. The number of rotatable bonds is 3. The van der Waals surface area contributed by atoms with E-state index in [-0.39, 0.29) is 0 Å². The van der Waals surface area contributed by atoms with Crippen molar-refractivity contribution in [2.45, 2.75) is 13.5 Å². The third-order valence-corrected chi connectivity index (χ3v) is 3.66. The molecule has 0 atom stereocenters. The van der Waals surface area contributed by atoms with Crippen LogP contribution in [-0.2, 0) is 6.54 Å². The van der Waals surface area contributed by atoms with Gasteiger partial charge in [0, 0.05) is 26.8 Å². The first-order valence-electron chi connectivity index (χ1n) is 5.49. The maximum absolute atomic E-state index is 5.97. The Kier molecular flexibility index (Phi) is 4.55. The molecule has 2 aromatic rings. The van der Waals surface area contributed by atoms with Gasteiger partial charge < -0.3 is 5.32 Å². The Morgan fingerprint density at radius 2 is 1.72 bits per heavy atom. The van der Waals surface area contributed by atoms with E-state index < -0.39 is 0 Å². The predicted octanol–water partition coefficient (Wildman–Crippen LogP) is 5.68. The summed E-state index contributed by atoms with van der Waals surface area (Å²) in [5.74, 6) is 0. The highest BCUT2D eigenvalue weighted by Crippen LogP contribution is 2.25. The highest BCUT2D eigenvalue weighted by Gasteiger charge is 2.02. The second-order valence-corrected chi connectivity index (χ2v) is 5.84. The average molecular weight is 345 g/mol. The quantitative estimate of drug-likeness (QED) is 0.755. The number of nitrogens with one attached hydrogen (secondary N) is 1. The van der Waals surface area contributed by atoms with Gasteiger partial charge >= 0.3 is 0 Å². The van der Waals surface area contributed by atoms with Crippen LogP contribution in [0.5, 0.6) is 0 Å². The van der Waals surface area contributed by atoms with Gasteiger partial charge in [-0.25, -0.2) is 0 Å². The van der Waals surface area contributed by atoms with Crippen molar-refractivity contribution >= 4 is 44.8 Å². The Morgan fingerprint density at radius 3 is 2.39 bits per heavy atom. The highest BCUT2D eigenvalue weighted by molar-refractivity contribution is 9.10. The van der Waals surface area contributed by atoms with Crippen molar-refractivity contribution in [3.05, 3.63) is 62.0 Å².